The quantitative estimate of drug-likeness (QED) is 0.851. The molecule has 2 rings (SSSR count). The Morgan fingerprint density at radius 2 is 2.28 bits per heavy atom. The fourth-order valence-electron chi connectivity index (χ4n) is 2.13. The lowest BCUT2D eigenvalue weighted by Crippen LogP contribution is -2.41. The van der Waals surface area contributed by atoms with Crippen molar-refractivity contribution in [3.05, 3.63) is 30.1 Å². The first-order valence-electron chi connectivity index (χ1n) is 6.32. The van der Waals surface area contributed by atoms with Gasteiger partial charge in [-0.2, -0.15) is 0 Å². The van der Waals surface area contributed by atoms with E-state index >= 15 is 0 Å². The number of nitrogens with two attached hydrogens (primary N) is 1. The Labute approximate surface area is 107 Å². The van der Waals surface area contributed by atoms with Crippen LogP contribution in [-0.2, 0) is 4.74 Å². The van der Waals surface area contributed by atoms with Crippen molar-refractivity contribution in [1.82, 2.24) is 9.88 Å². The van der Waals surface area contributed by atoms with Crippen molar-refractivity contribution in [2.24, 2.45) is 5.73 Å². The standard InChI is InChI=1S/C13H19N3O2/c14-5-9-18-12-3-7-16(8-4-12)13(17)11-2-1-6-15-10-11/h1-2,6,10,12H,3-5,7-9,14H2. The van der Waals surface area contributed by atoms with Gasteiger partial charge in [0.05, 0.1) is 18.3 Å². The number of piperidine rings is 1. The molecule has 1 fully saturated rings. The molecule has 1 aromatic heterocycles. The molecule has 5 nitrogen and oxygen atoms in total. The molecule has 18 heavy (non-hydrogen) atoms. The van der Waals surface area contributed by atoms with Crippen LogP contribution < -0.4 is 5.73 Å². The molecule has 0 atom stereocenters. The summed E-state index contributed by atoms with van der Waals surface area (Å²) in [4.78, 5) is 18.0. The molecule has 0 bridgehead atoms. The van der Waals surface area contributed by atoms with E-state index in [1.807, 2.05) is 4.90 Å². The molecule has 1 aliphatic rings. The summed E-state index contributed by atoms with van der Waals surface area (Å²) in [5.41, 5.74) is 6.05. The molecule has 0 saturated carbocycles. The highest BCUT2D eigenvalue weighted by molar-refractivity contribution is 5.93. The van der Waals surface area contributed by atoms with E-state index in [-0.39, 0.29) is 12.0 Å². The number of rotatable bonds is 4. The molecular formula is C13H19N3O2. The molecule has 0 aromatic carbocycles. The Hall–Kier alpha value is -1.46. The molecule has 1 aromatic rings. The van der Waals surface area contributed by atoms with Crippen molar-refractivity contribution < 1.29 is 9.53 Å². The molecule has 5 heteroatoms. The summed E-state index contributed by atoms with van der Waals surface area (Å²) >= 11 is 0. The summed E-state index contributed by atoms with van der Waals surface area (Å²) < 4.78 is 5.59. The SMILES string of the molecule is NCCOC1CCN(C(=O)c2cccnc2)CC1. The van der Waals surface area contributed by atoms with Crippen molar-refractivity contribution in [1.29, 1.82) is 0 Å². The third kappa shape index (κ3) is 3.27. The van der Waals surface area contributed by atoms with E-state index in [0.29, 0.717) is 18.7 Å². The monoisotopic (exact) mass is 249 g/mol. The number of aromatic nitrogens is 1. The number of ether oxygens (including phenoxy) is 1. The number of carbonyl (C=O) groups is 1. The van der Waals surface area contributed by atoms with E-state index in [1.54, 1.807) is 24.5 Å². The predicted molar refractivity (Wildman–Crippen MR) is 68.2 cm³/mol. The normalized spacial score (nSPS) is 16.8. The highest BCUT2D eigenvalue weighted by atomic mass is 16.5. The van der Waals surface area contributed by atoms with E-state index in [2.05, 4.69) is 4.98 Å². The van der Waals surface area contributed by atoms with Gasteiger partial charge in [0.2, 0.25) is 0 Å². The molecule has 0 unspecified atom stereocenters. The smallest absolute Gasteiger partial charge is 0.255 e. The van der Waals surface area contributed by atoms with Crippen molar-refractivity contribution >= 4 is 5.91 Å². The average molecular weight is 249 g/mol. The molecule has 1 saturated heterocycles. The number of carbonyl (C=O) groups excluding carboxylic acids is 1. The van der Waals surface area contributed by atoms with Crippen LogP contribution in [0.25, 0.3) is 0 Å². The van der Waals surface area contributed by atoms with Gasteiger partial charge in [0.15, 0.2) is 0 Å². The van der Waals surface area contributed by atoms with E-state index < -0.39 is 0 Å². The van der Waals surface area contributed by atoms with Gasteiger partial charge in [0.1, 0.15) is 0 Å². The van der Waals surface area contributed by atoms with Gasteiger partial charge in [-0.25, -0.2) is 0 Å². The summed E-state index contributed by atoms with van der Waals surface area (Å²) in [6, 6.07) is 3.58. The highest BCUT2D eigenvalue weighted by Crippen LogP contribution is 2.15. The minimum absolute atomic E-state index is 0.0559. The minimum Gasteiger partial charge on any atom is -0.377 e. The van der Waals surface area contributed by atoms with E-state index in [4.69, 9.17) is 10.5 Å². The average Bonchev–Trinajstić information content (AvgIpc) is 2.46. The van der Waals surface area contributed by atoms with Gasteiger partial charge >= 0.3 is 0 Å². The number of likely N-dealkylation sites (tertiary alicyclic amines) is 1. The summed E-state index contributed by atoms with van der Waals surface area (Å²) in [5.74, 6) is 0.0559. The Kier molecular flexibility index (Phi) is 4.66. The summed E-state index contributed by atoms with van der Waals surface area (Å²) in [6.07, 6.45) is 5.28. The molecule has 2 N–H and O–H groups in total. The molecule has 2 heterocycles. The zero-order valence-corrected chi connectivity index (χ0v) is 10.4. The fraction of sp³-hybridized carbons (Fsp3) is 0.538. The van der Waals surface area contributed by atoms with Crippen molar-refractivity contribution in [3.63, 3.8) is 0 Å². The maximum atomic E-state index is 12.1. The first-order valence-corrected chi connectivity index (χ1v) is 6.32. The van der Waals surface area contributed by atoms with Crippen LogP contribution in [0.1, 0.15) is 23.2 Å². The van der Waals surface area contributed by atoms with Crippen LogP contribution in [0.15, 0.2) is 24.5 Å². The van der Waals surface area contributed by atoms with Crippen LogP contribution in [0.5, 0.6) is 0 Å². The van der Waals surface area contributed by atoms with Crippen molar-refractivity contribution in [3.8, 4) is 0 Å². The number of hydrogen-bond donors (Lipinski definition) is 1. The van der Waals surface area contributed by atoms with Crippen LogP contribution >= 0.6 is 0 Å². The zero-order chi connectivity index (χ0) is 12.8. The largest absolute Gasteiger partial charge is 0.377 e. The summed E-state index contributed by atoms with van der Waals surface area (Å²) in [7, 11) is 0. The van der Waals surface area contributed by atoms with Gasteiger partial charge in [-0.1, -0.05) is 0 Å². The van der Waals surface area contributed by atoms with E-state index in [1.165, 1.54) is 0 Å². The maximum absolute atomic E-state index is 12.1. The lowest BCUT2D eigenvalue weighted by Gasteiger charge is -2.31. The van der Waals surface area contributed by atoms with Crippen molar-refractivity contribution in [2.75, 3.05) is 26.2 Å². The Balaban J connectivity index is 1.84. The van der Waals surface area contributed by atoms with Gasteiger partial charge < -0.3 is 15.4 Å². The first-order chi connectivity index (χ1) is 8.81. The molecule has 1 amide bonds. The Bertz CT molecular complexity index is 375. The van der Waals surface area contributed by atoms with E-state index in [9.17, 15) is 4.79 Å². The van der Waals surface area contributed by atoms with Crippen molar-refractivity contribution in [2.45, 2.75) is 18.9 Å². The Morgan fingerprint density at radius 1 is 1.50 bits per heavy atom. The predicted octanol–water partition coefficient (Wildman–Crippen LogP) is 0.661. The van der Waals surface area contributed by atoms with Crippen LogP contribution in [0, 0.1) is 0 Å². The van der Waals surface area contributed by atoms with Gasteiger partial charge in [-0.3, -0.25) is 9.78 Å². The molecular weight excluding hydrogens is 230 g/mol. The zero-order valence-electron chi connectivity index (χ0n) is 10.4. The van der Waals surface area contributed by atoms with Crippen LogP contribution in [0.3, 0.4) is 0 Å². The fourth-order valence-corrected chi connectivity index (χ4v) is 2.13. The van der Waals surface area contributed by atoms with Crippen LogP contribution in [-0.4, -0.2) is 48.1 Å². The third-order valence-electron chi connectivity index (χ3n) is 3.11. The number of nitrogens with zero attached hydrogens (tertiary/aromatic N) is 2. The topological polar surface area (TPSA) is 68.5 Å². The number of amides is 1. The molecule has 0 aliphatic carbocycles. The minimum atomic E-state index is 0.0559. The van der Waals surface area contributed by atoms with Gasteiger partial charge in [-0.15, -0.1) is 0 Å². The lowest BCUT2D eigenvalue weighted by atomic mass is 10.1. The van der Waals surface area contributed by atoms with Gasteiger partial charge in [-0.05, 0) is 25.0 Å². The molecule has 0 radical (unpaired) electrons. The Morgan fingerprint density at radius 3 is 2.89 bits per heavy atom. The van der Waals surface area contributed by atoms with Gasteiger partial charge in [0, 0.05) is 32.0 Å². The molecule has 1 aliphatic heterocycles. The number of pyridine rings is 1. The second-order valence-electron chi connectivity index (χ2n) is 4.39. The summed E-state index contributed by atoms with van der Waals surface area (Å²) in [5, 5.41) is 0. The molecule has 0 spiro atoms. The maximum Gasteiger partial charge on any atom is 0.255 e. The lowest BCUT2D eigenvalue weighted by molar-refractivity contribution is 0.0121. The van der Waals surface area contributed by atoms with Crippen LogP contribution in [0.2, 0.25) is 0 Å². The van der Waals surface area contributed by atoms with Gasteiger partial charge in [0.25, 0.3) is 5.91 Å². The number of hydrogen-bond acceptors (Lipinski definition) is 4. The summed E-state index contributed by atoms with van der Waals surface area (Å²) in [6.45, 7) is 2.63. The van der Waals surface area contributed by atoms with Crippen LogP contribution in [0.4, 0.5) is 0 Å². The first kappa shape index (κ1) is 13.0. The highest BCUT2D eigenvalue weighted by Gasteiger charge is 2.23. The molecule has 98 valence electrons. The second kappa shape index (κ2) is 6.47. The second-order valence-corrected chi connectivity index (χ2v) is 4.39. The third-order valence-corrected chi connectivity index (χ3v) is 3.11. The van der Waals surface area contributed by atoms with E-state index in [0.717, 1.165) is 25.9 Å².